The summed E-state index contributed by atoms with van der Waals surface area (Å²) in [6.45, 7) is 1.74. The van der Waals surface area contributed by atoms with Crippen LogP contribution in [-0.2, 0) is 25.6 Å². The van der Waals surface area contributed by atoms with Crippen LogP contribution in [0.5, 0.6) is 0 Å². The third-order valence-electron chi connectivity index (χ3n) is 3.87. The van der Waals surface area contributed by atoms with E-state index in [2.05, 4.69) is 20.6 Å². The fourth-order valence-electron chi connectivity index (χ4n) is 2.31. The zero-order valence-electron chi connectivity index (χ0n) is 16.0. The molecule has 5 atom stereocenters. The smallest absolute Gasteiger partial charge is 0.322 e. The lowest BCUT2D eigenvalue weighted by atomic mass is 10.1. The fraction of sp³-hybridized carbons (Fsp3) is 0.562. The number of carboxylic acids is 1. The number of aromatic amines is 1. The number of aliphatic hydroxyl groups excluding tert-OH is 2. The molecule has 13 heteroatoms. The molecule has 3 amide bonds. The van der Waals surface area contributed by atoms with E-state index in [4.69, 9.17) is 10.8 Å². The summed E-state index contributed by atoms with van der Waals surface area (Å²) in [6.07, 6.45) is 0.274. The maximum Gasteiger partial charge on any atom is 0.322 e. The molecule has 29 heavy (non-hydrogen) atoms. The molecule has 1 aromatic rings. The quantitative estimate of drug-likeness (QED) is 0.178. The number of nitrogens with two attached hydrogens (primary N) is 1. The third-order valence-corrected chi connectivity index (χ3v) is 3.87. The second kappa shape index (κ2) is 11.1. The number of H-pyrrole nitrogens is 1. The van der Waals surface area contributed by atoms with Gasteiger partial charge in [-0.25, -0.2) is 4.98 Å². The number of hydrogen-bond donors (Lipinski definition) is 8. The first-order valence-corrected chi connectivity index (χ1v) is 8.72. The van der Waals surface area contributed by atoms with E-state index in [1.54, 1.807) is 0 Å². The van der Waals surface area contributed by atoms with Crippen molar-refractivity contribution in [2.75, 3.05) is 6.54 Å². The van der Waals surface area contributed by atoms with Crippen LogP contribution in [0.15, 0.2) is 12.5 Å². The number of carbonyl (C=O) groups is 4. The molecule has 13 nitrogen and oxygen atoms in total. The number of rotatable bonds is 11. The van der Waals surface area contributed by atoms with Gasteiger partial charge < -0.3 is 42.0 Å². The Morgan fingerprint density at radius 3 is 2.10 bits per heavy atom. The molecule has 1 heterocycles. The molecule has 0 fully saturated rings. The van der Waals surface area contributed by atoms with E-state index in [0.29, 0.717) is 5.69 Å². The average molecular weight is 414 g/mol. The summed E-state index contributed by atoms with van der Waals surface area (Å²) >= 11 is 0. The Balaban J connectivity index is 2.77. The number of nitrogens with zero attached hydrogens (tertiary/aromatic N) is 1. The second-order valence-electron chi connectivity index (χ2n) is 6.45. The predicted octanol–water partition coefficient (Wildman–Crippen LogP) is -3.79. The number of nitrogens with one attached hydrogen (secondary N) is 4. The highest BCUT2D eigenvalue weighted by molar-refractivity contribution is 5.94. The molecule has 1 rings (SSSR count). The van der Waals surface area contributed by atoms with Crippen molar-refractivity contribution in [2.24, 2.45) is 5.73 Å². The maximum atomic E-state index is 12.5. The number of aliphatic hydroxyl groups is 2. The van der Waals surface area contributed by atoms with Crippen LogP contribution in [0.25, 0.3) is 0 Å². The number of amides is 3. The van der Waals surface area contributed by atoms with Crippen LogP contribution in [-0.4, -0.2) is 85.9 Å². The molecular formula is C16H26N6O7. The van der Waals surface area contributed by atoms with Gasteiger partial charge in [-0.15, -0.1) is 0 Å². The lowest BCUT2D eigenvalue weighted by Crippen LogP contribution is -2.61. The molecule has 0 aliphatic carbocycles. The Morgan fingerprint density at radius 1 is 1.07 bits per heavy atom. The summed E-state index contributed by atoms with van der Waals surface area (Å²) < 4.78 is 0. The van der Waals surface area contributed by atoms with Crippen molar-refractivity contribution in [3.05, 3.63) is 18.2 Å². The van der Waals surface area contributed by atoms with Gasteiger partial charge in [0.05, 0.1) is 24.6 Å². The van der Waals surface area contributed by atoms with E-state index in [-0.39, 0.29) is 6.42 Å². The first-order valence-electron chi connectivity index (χ1n) is 8.72. The average Bonchev–Trinajstić information content (AvgIpc) is 3.13. The van der Waals surface area contributed by atoms with Crippen molar-refractivity contribution in [3.8, 4) is 0 Å². The van der Waals surface area contributed by atoms with Crippen molar-refractivity contribution in [1.82, 2.24) is 25.9 Å². The topological polar surface area (TPSA) is 220 Å². The second-order valence-corrected chi connectivity index (χ2v) is 6.45. The Morgan fingerprint density at radius 2 is 1.62 bits per heavy atom. The summed E-state index contributed by atoms with van der Waals surface area (Å²) in [5, 5.41) is 34.7. The molecule has 0 saturated carbocycles. The van der Waals surface area contributed by atoms with Crippen LogP contribution >= 0.6 is 0 Å². The van der Waals surface area contributed by atoms with Crippen LogP contribution < -0.4 is 21.7 Å². The lowest BCUT2D eigenvalue weighted by Gasteiger charge is -2.26. The van der Waals surface area contributed by atoms with E-state index in [1.807, 2.05) is 5.32 Å². The number of aliphatic carboxylic acids is 1. The van der Waals surface area contributed by atoms with Crippen molar-refractivity contribution in [3.63, 3.8) is 0 Å². The van der Waals surface area contributed by atoms with Crippen LogP contribution in [0.4, 0.5) is 0 Å². The van der Waals surface area contributed by atoms with Gasteiger partial charge in [-0.05, 0) is 13.8 Å². The zero-order chi connectivity index (χ0) is 22.1. The summed E-state index contributed by atoms with van der Waals surface area (Å²) in [5.41, 5.74) is 6.38. The number of aromatic nitrogens is 2. The number of carbonyl (C=O) groups excluding carboxylic acids is 3. The van der Waals surface area contributed by atoms with Crippen molar-refractivity contribution >= 4 is 23.7 Å². The SMILES string of the molecule is CC(O)C(NC(=O)C(N)Cc1cnc[nH]1)C(=O)NC(C(=O)NCC(=O)O)C(C)O. The third kappa shape index (κ3) is 7.85. The van der Waals surface area contributed by atoms with E-state index < -0.39 is 60.6 Å². The van der Waals surface area contributed by atoms with Gasteiger partial charge in [0, 0.05) is 18.3 Å². The van der Waals surface area contributed by atoms with Gasteiger partial charge in [0.25, 0.3) is 0 Å². The van der Waals surface area contributed by atoms with Crippen molar-refractivity contribution in [1.29, 1.82) is 0 Å². The van der Waals surface area contributed by atoms with Crippen molar-refractivity contribution in [2.45, 2.75) is 50.6 Å². The molecule has 0 aliphatic rings. The van der Waals surface area contributed by atoms with Crippen LogP contribution in [0.2, 0.25) is 0 Å². The van der Waals surface area contributed by atoms with E-state index in [9.17, 15) is 29.4 Å². The van der Waals surface area contributed by atoms with Crippen LogP contribution in [0.3, 0.4) is 0 Å². The molecule has 0 radical (unpaired) electrons. The minimum Gasteiger partial charge on any atom is -0.480 e. The predicted molar refractivity (Wildman–Crippen MR) is 98.1 cm³/mol. The molecule has 9 N–H and O–H groups in total. The molecule has 5 unspecified atom stereocenters. The minimum atomic E-state index is -1.50. The van der Waals surface area contributed by atoms with E-state index in [0.717, 1.165) is 0 Å². The zero-order valence-corrected chi connectivity index (χ0v) is 16.0. The number of carboxylic acid groups (broad SMARTS) is 1. The van der Waals surface area contributed by atoms with Crippen LogP contribution in [0, 0.1) is 0 Å². The van der Waals surface area contributed by atoms with Crippen LogP contribution in [0.1, 0.15) is 19.5 Å². The lowest BCUT2D eigenvalue weighted by molar-refractivity contribution is -0.139. The van der Waals surface area contributed by atoms with Gasteiger partial charge >= 0.3 is 5.97 Å². The number of hydrogen-bond acceptors (Lipinski definition) is 8. The van der Waals surface area contributed by atoms with E-state index >= 15 is 0 Å². The molecule has 1 aromatic heterocycles. The Kier molecular flexibility index (Phi) is 9.18. The monoisotopic (exact) mass is 414 g/mol. The highest BCUT2D eigenvalue weighted by Crippen LogP contribution is 2.01. The van der Waals surface area contributed by atoms with Gasteiger partial charge in [0.15, 0.2) is 0 Å². The largest absolute Gasteiger partial charge is 0.480 e. The molecule has 0 saturated heterocycles. The summed E-state index contributed by atoms with van der Waals surface area (Å²) in [7, 11) is 0. The first kappa shape index (κ1) is 24.0. The Hall–Kier alpha value is -3.03. The van der Waals surface area contributed by atoms with E-state index in [1.165, 1.54) is 26.4 Å². The minimum absolute atomic E-state index is 0.105. The Bertz CT molecular complexity index is 707. The maximum absolute atomic E-state index is 12.5. The van der Waals surface area contributed by atoms with Gasteiger partial charge in [-0.2, -0.15) is 0 Å². The molecule has 0 aromatic carbocycles. The van der Waals surface area contributed by atoms with Crippen molar-refractivity contribution < 1.29 is 34.5 Å². The van der Waals surface area contributed by atoms with Gasteiger partial charge in [-0.3, -0.25) is 19.2 Å². The molecule has 0 spiro atoms. The highest BCUT2D eigenvalue weighted by Gasteiger charge is 2.33. The first-order chi connectivity index (χ1) is 13.5. The van der Waals surface area contributed by atoms with Gasteiger partial charge in [0.2, 0.25) is 17.7 Å². The molecule has 0 aliphatic heterocycles. The fourth-order valence-corrected chi connectivity index (χ4v) is 2.31. The molecular weight excluding hydrogens is 388 g/mol. The summed E-state index contributed by atoms with van der Waals surface area (Å²) in [6, 6.07) is -4.02. The van der Waals surface area contributed by atoms with Gasteiger partial charge in [0.1, 0.15) is 18.6 Å². The summed E-state index contributed by atoms with van der Waals surface area (Å²) in [5.74, 6) is -3.94. The molecule has 0 bridgehead atoms. The highest BCUT2D eigenvalue weighted by atomic mass is 16.4. The van der Waals surface area contributed by atoms with Gasteiger partial charge in [-0.1, -0.05) is 0 Å². The number of imidazole rings is 1. The normalized spacial score (nSPS) is 16.0. The molecule has 162 valence electrons. The standard InChI is InChI=1S/C16H26N6O7/c1-7(23)12(15(28)19-5-11(25)26)22-16(29)13(8(2)24)21-14(27)10(17)3-9-4-18-6-20-9/h4,6-8,10,12-13,23-24H,3,5,17H2,1-2H3,(H,18,20)(H,19,28)(H,21,27)(H,22,29)(H,25,26). The Labute approximate surface area is 166 Å². The summed E-state index contributed by atoms with van der Waals surface area (Å²) in [4.78, 5) is 53.9.